The number of nitrogens with one attached hydrogen (secondary N) is 2. The molecule has 8 nitrogen and oxygen atoms in total. The lowest BCUT2D eigenvalue weighted by molar-refractivity contribution is -0.383. The topological polar surface area (TPSA) is 105 Å². The molecule has 0 aliphatic carbocycles. The molecule has 5 rings (SSSR count). The Hall–Kier alpha value is -4.17. The molecule has 2 N–H and O–H groups in total. The zero-order valence-corrected chi connectivity index (χ0v) is 18.3. The number of hydrogen-bond acceptors (Lipinski definition) is 6. The summed E-state index contributed by atoms with van der Waals surface area (Å²) in [5.41, 5.74) is 4.07. The Morgan fingerprint density at radius 2 is 1.97 bits per heavy atom. The van der Waals surface area contributed by atoms with Crippen molar-refractivity contribution in [3.63, 3.8) is 0 Å². The molecule has 1 aliphatic rings. The summed E-state index contributed by atoms with van der Waals surface area (Å²) in [5, 5.41) is 23.0. The van der Waals surface area contributed by atoms with E-state index in [1.54, 1.807) is 18.5 Å². The van der Waals surface area contributed by atoms with E-state index >= 15 is 0 Å². The summed E-state index contributed by atoms with van der Waals surface area (Å²) >= 11 is 6.54. The number of nitro groups is 1. The van der Waals surface area contributed by atoms with Crippen LogP contribution in [0, 0.1) is 10.1 Å². The highest BCUT2D eigenvalue weighted by atomic mass is 35.5. The van der Waals surface area contributed by atoms with Crippen molar-refractivity contribution >= 4 is 45.3 Å². The number of anilines is 1. The smallest absolute Gasteiger partial charge is 0.295 e. The fraction of sp³-hybridized carbons (Fsp3) is 0.0833. The molecule has 1 aliphatic heterocycles. The maximum Gasteiger partial charge on any atom is 0.295 e. The largest absolute Gasteiger partial charge is 0.494 e. The van der Waals surface area contributed by atoms with E-state index in [0.717, 1.165) is 11.3 Å². The van der Waals surface area contributed by atoms with Crippen LogP contribution in [0.4, 0.5) is 11.4 Å². The van der Waals surface area contributed by atoms with Gasteiger partial charge in [-0.05, 0) is 25.1 Å². The summed E-state index contributed by atoms with van der Waals surface area (Å²) in [7, 11) is 0. The number of H-pyrrole nitrogens is 1. The van der Waals surface area contributed by atoms with Crippen molar-refractivity contribution in [3.05, 3.63) is 98.8 Å². The second kappa shape index (κ2) is 8.40. The van der Waals surface area contributed by atoms with Crippen molar-refractivity contribution in [2.75, 3.05) is 11.9 Å². The monoisotopic (exact) mass is 459 g/mol. The highest BCUT2D eigenvalue weighted by molar-refractivity contribution is 6.36. The minimum atomic E-state index is -0.435. The number of ether oxygens (including phenoxy) is 1. The van der Waals surface area contributed by atoms with Gasteiger partial charge in [-0.15, -0.1) is 0 Å². The molecular formula is C24H18ClN5O3. The minimum absolute atomic E-state index is 0.0930. The molecule has 0 amide bonds. The maximum atomic E-state index is 11.8. The molecule has 0 unspecified atom stereocenters. The van der Waals surface area contributed by atoms with E-state index in [4.69, 9.17) is 21.3 Å². The third-order valence-corrected chi connectivity index (χ3v) is 5.65. The van der Waals surface area contributed by atoms with Gasteiger partial charge in [0, 0.05) is 34.0 Å². The zero-order chi connectivity index (χ0) is 22.9. The number of halogens is 1. The summed E-state index contributed by atoms with van der Waals surface area (Å²) in [6.07, 6.45) is 3.33. The van der Waals surface area contributed by atoms with E-state index in [1.165, 1.54) is 6.07 Å². The lowest BCUT2D eigenvalue weighted by Crippen LogP contribution is -2.07. The third-order valence-electron chi connectivity index (χ3n) is 5.32. The molecule has 33 heavy (non-hydrogen) atoms. The van der Waals surface area contributed by atoms with Crippen LogP contribution in [0.15, 0.2) is 72.0 Å². The van der Waals surface area contributed by atoms with Gasteiger partial charge in [0.05, 0.1) is 40.2 Å². The van der Waals surface area contributed by atoms with Crippen LogP contribution in [-0.2, 0) is 0 Å². The molecule has 3 aromatic carbocycles. The van der Waals surface area contributed by atoms with Crippen LogP contribution in [0.2, 0.25) is 5.02 Å². The Morgan fingerprint density at radius 1 is 1.12 bits per heavy atom. The zero-order valence-electron chi connectivity index (χ0n) is 17.5. The van der Waals surface area contributed by atoms with Gasteiger partial charge in [-0.3, -0.25) is 15.2 Å². The Bertz CT molecular complexity index is 1460. The predicted octanol–water partition coefficient (Wildman–Crippen LogP) is 5.78. The van der Waals surface area contributed by atoms with Crippen molar-refractivity contribution in [1.82, 2.24) is 10.2 Å². The van der Waals surface area contributed by atoms with Crippen molar-refractivity contribution in [2.24, 2.45) is 4.99 Å². The van der Waals surface area contributed by atoms with Gasteiger partial charge >= 0.3 is 0 Å². The van der Waals surface area contributed by atoms with Gasteiger partial charge < -0.3 is 10.1 Å². The van der Waals surface area contributed by atoms with Crippen LogP contribution in [0.3, 0.4) is 0 Å². The van der Waals surface area contributed by atoms with Gasteiger partial charge in [0.15, 0.2) is 0 Å². The van der Waals surface area contributed by atoms with Crippen molar-refractivity contribution in [2.45, 2.75) is 6.92 Å². The maximum absolute atomic E-state index is 11.8. The fourth-order valence-electron chi connectivity index (χ4n) is 3.86. The van der Waals surface area contributed by atoms with Gasteiger partial charge in [0.1, 0.15) is 11.3 Å². The van der Waals surface area contributed by atoms with E-state index in [2.05, 4.69) is 15.5 Å². The molecule has 0 fully saturated rings. The predicted molar refractivity (Wildman–Crippen MR) is 129 cm³/mol. The number of aromatic amines is 1. The summed E-state index contributed by atoms with van der Waals surface area (Å²) in [5.74, 6) is 0.722. The summed E-state index contributed by atoms with van der Waals surface area (Å²) in [4.78, 5) is 16.3. The Kier molecular flexibility index (Phi) is 5.27. The SMILES string of the molecule is CCOc1cccc(C2=CNc3c(cc([N+](=O)[O-])c4[nH]ncc34)C(c3ccccc3Cl)=N2)c1. The molecule has 0 radical (unpaired) electrons. The van der Waals surface area contributed by atoms with E-state index in [0.29, 0.717) is 50.8 Å². The van der Waals surface area contributed by atoms with E-state index in [9.17, 15) is 10.1 Å². The lowest BCUT2D eigenvalue weighted by Gasteiger charge is -2.13. The molecule has 1 aromatic heterocycles. The number of non-ortho nitro benzene ring substituents is 1. The summed E-state index contributed by atoms with van der Waals surface area (Å²) in [6.45, 7) is 2.47. The number of fused-ring (bicyclic) bond motifs is 3. The molecule has 0 saturated heterocycles. The van der Waals surface area contributed by atoms with Gasteiger partial charge in [-0.25, -0.2) is 4.99 Å². The Labute approximate surface area is 193 Å². The van der Waals surface area contributed by atoms with E-state index in [1.807, 2.05) is 49.4 Å². The van der Waals surface area contributed by atoms with Gasteiger partial charge in [-0.2, -0.15) is 5.10 Å². The lowest BCUT2D eigenvalue weighted by atomic mass is 9.97. The quantitative estimate of drug-likeness (QED) is 0.290. The van der Waals surface area contributed by atoms with Crippen LogP contribution in [-0.4, -0.2) is 27.4 Å². The van der Waals surface area contributed by atoms with Crippen molar-refractivity contribution in [3.8, 4) is 5.75 Å². The van der Waals surface area contributed by atoms with Crippen LogP contribution >= 0.6 is 11.6 Å². The first-order valence-corrected chi connectivity index (χ1v) is 10.6. The van der Waals surface area contributed by atoms with Crippen LogP contribution in [0.25, 0.3) is 16.6 Å². The molecule has 9 heteroatoms. The number of hydrogen-bond donors (Lipinski definition) is 2. The number of aliphatic imine (C=N–C) groups is 1. The molecule has 0 bridgehead atoms. The average molecular weight is 460 g/mol. The van der Waals surface area contributed by atoms with E-state index < -0.39 is 4.92 Å². The number of nitro benzene ring substituents is 1. The molecule has 0 spiro atoms. The van der Waals surface area contributed by atoms with Crippen molar-refractivity contribution in [1.29, 1.82) is 0 Å². The molecule has 4 aromatic rings. The van der Waals surface area contributed by atoms with Crippen molar-refractivity contribution < 1.29 is 9.66 Å². The molecular weight excluding hydrogens is 442 g/mol. The number of nitrogens with zero attached hydrogens (tertiary/aromatic N) is 3. The molecule has 0 saturated carbocycles. The minimum Gasteiger partial charge on any atom is -0.494 e. The number of rotatable bonds is 5. The van der Waals surface area contributed by atoms with Crippen LogP contribution < -0.4 is 10.1 Å². The standard InChI is InChI=1S/C24H18ClN5O3/c1-2-33-15-7-5-6-14(10-15)20-13-26-22-17(23(28-20)16-8-3-4-9-19(16)25)11-21(30(31)32)24-18(22)12-27-29-24/h3-13,26H,2H2,1H3,(H,27,29). The Morgan fingerprint density at radius 3 is 2.76 bits per heavy atom. The Balaban J connectivity index is 1.79. The van der Waals surface area contributed by atoms with Gasteiger partial charge in [0.25, 0.3) is 5.69 Å². The van der Waals surface area contributed by atoms with E-state index in [-0.39, 0.29) is 5.69 Å². The number of benzene rings is 3. The van der Waals surface area contributed by atoms with Crippen LogP contribution in [0.5, 0.6) is 5.75 Å². The summed E-state index contributed by atoms with van der Waals surface area (Å²) in [6, 6.07) is 16.4. The van der Waals surface area contributed by atoms with Gasteiger partial charge in [-0.1, -0.05) is 41.9 Å². The average Bonchev–Trinajstić information content (AvgIpc) is 3.22. The van der Waals surface area contributed by atoms with Gasteiger partial charge in [0.2, 0.25) is 0 Å². The van der Waals surface area contributed by atoms with Crippen LogP contribution in [0.1, 0.15) is 23.6 Å². The number of aromatic nitrogens is 2. The first-order chi connectivity index (χ1) is 16.1. The first kappa shape index (κ1) is 20.7. The third kappa shape index (κ3) is 3.70. The second-order valence-electron chi connectivity index (χ2n) is 7.31. The molecule has 0 atom stereocenters. The molecule has 2 heterocycles. The fourth-order valence-corrected chi connectivity index (χ4v) is 4.08. The highest BCUT2D eigenvalue weighted by Gasteiger charge is 2.26. The highest BCUT2D eigenvalue weighted by Crippen LogP contribution is 2.38. The second-order valence-corrected chi connectivity index (χ2v) is 7.72. The summed E-state index contributed by atoms with van der Waals surface area (Å²) < 4.78 is 5.65. The normalized spacial score (nSPS) is 12.9. The first-order valence-electron chi connectivity index (χ1n) is 10.2. The molecule has 164 valence electrons.